The van der Waals surface area contributed by atoms with E-state index in [0.29, 0.717) is 18.5 Å². The van der Waals surface area contributed by atoms with Crippen molar-refractivity contribution in [3.63, 3.8) is 0 Å². The average Bonchev–Trinajstić information content (AvgIpc) is 2.90. The minimum atomic E-state index is 0. The van der Waals surface area contributed by atoms with Crippen molar-refractivity contribution in [2.45, 2.75) is 57.0 Å². The monoisotopic (exact) mass is 327 g/mol. The van der Waals surface area contributed by atoms with Crippen LogP contribution in [0, 0.1) is 23.7 Å². The Morgan fingerprint density at radius 2 is 1.73 bits per heavy atom. The van der Waals surface area contributed by atoms with Crippen LogP contribution in [0.5, 0.6) is 0 Å². The van der Waals surface area contributed by atoms with Gasteiger partial charge >= 0.3 is 0 Å². The van der Waals surface area contributed by atoms with Gasteiger partial charge in [0.15, 0.2) is 0 Å². The zero-order valence-electron chi connectivity index (χ0n) is 13.4. The van der Waals surface area contributed by atoms with E-state index < -0.39 is 0 Å². The Kier molecular flexibility index (Phi) is 5.01. The summed E-state index contributed by atoms with van der Waals surface area (Å²) in [4.78, 5) is 15.0. The lowest BCUT2D eigenvalue weighted by molar-refractivity contribution is -0.129. The van der Waals surface area contributed by atoms with E-state index in [1.165, 1.54) is 32.1 Å². The van der Waals surface area contributed by atoms with Gasteiger partial charge in [-0.15, -0.1) is 12.4 Å². The molecule has 1 heterocycles. The molecule has 4 saturated carbocycles. The molecule has 4 nitrogen and oxygen atoms in total. The highest BCUT2D eigenvalue weighted by Crippen LogP contribution is 2.53. The average molecular weight is 328 g/mol. The van der Waals surface area contributed by atoms with E-state index in [1.807, 2.05) is 0 Å². The van der Waals surface area contributed by atoms with Crippen LogP contribution in [0.2, 0.25) is 0 Å². The number of hydrogen-bond donors (Lipinski definition) is 2. The molecule has 1 amide bonds. The number of nitrogens with two attached hydrogens (primary N) is 1. The molecule has 5 aliphatic rings. The predicted octanol–water partition coefficient (Wildman–Crippen LogP) is 1.77. The molecule has 0 aromatic carbocycles. The second-order valence-corrected chi connectivity index (χ2v) is 7.95. The summed E-state index contributed by atoms with van der Waals surface area (Å²) in [6.07, 6.45) is 9.11. The van der Waals surface area contributed by atoms with E-state index in [9.17, 15) is 4.79 Å². The molecule has 3 N–H and O–H groups in total. The van der Waals surface area contributed by atoms with E-state index in [2.05, 4.69) is 10.2 Å². The van der Waals surface area contributed by atoms with Crippen LogP contribution >= 0.6 is 12.4 Å². The molecule has 126 valence electrons. The van der Waals surface area contributed by atoms with Gasteiger partial charge in [0, 0.05) is 19.1 Å². The predicted molar refractivity (Wildman–Crippen MR) is 89.9 cm³/mol. The van der Waals surface area contributed by atoms with Crippen molar-refractivity contribution in [2.75, 3.05) is 19.6 Å². The first-order valence-electron chi connectivity index (χ1n) is 8.99. The molecule has 0 aromatic rings. The topological polar surface area (TPSA) is 58.4 Å². The molecular weight excluding hydrogens is 298 g/mol. The second-order valence-electron chi connectivity index (χ2n) is 7.95. The van der Waals surface area contributed by atoms with Crippen molar-refractivity contribution in [1.82, 2.24) is 10.2 Å². The third kappa shape index (κ3) is 2.90. The van der Waals surface area contributed by atoms with Gasteiger partial charge in [0.2, 0.25) is 5.91 Å². The number of nitrogens with zero attached hydrogens (tertiary/aromatic N) is 1. The van der Waals surface area contributed by atoms with Crippen molar-refractivity contribution in [1.29, 1.82) is 0 Å². The first-order valence-corrected chi connectivity index (χ1v) is 8.99. The Morgan fingerprint density at radius 3 is 2.32 bits per heavy atom. The maximum absolute atomic E-state index is 12.7. The number of nitrogens with one attached hydrogen (secondary N) is 1. The van der Waals surface area contributed by atoms with Crippen LogP contribution < -0.4 is 11.1 Å². The standard InChI is InChI=1S/C17H29N3O.ClH/c18-3-5-20-4-1-2-15(20)17(21)19-16-13-7-11-6-12(9-13)10-14(16)8-11;/h11-16H,1-10,18H2,(H,19,21);1H. The van der Waals surface area contributed by atoms with Crippen LogP contribution in [0.15, 0.2) is 0 Å². The van der Waals surface area contributed by atoms with Gasteiger partial charge < -0.3 is 11.1 Å². The van der Waals surface area contributed by atoms with E-state index in [0.717, 1.165) is 49.6 Å². The van der Waals surface area contributed by atoms with Gasteiger partial charge in [-0.25, -0.2) is 0 Å². The summed E-state index contributed by atoms with van der Waals surface area (Å²) < 4.78 is 0. The van der Waals surface area contributed by atoms with Crippen LogP contribution in [0.25, 0.3) is 0 Å². The smallest absolute Gasteiger partial charge is 0.237 e. The summed E-state index contributed by atoms with van der Waals surface area (Å²) in [7, 11) is 0. The van der Waals surface area contributed by atoms with Gasteiger partial charge in [-0.3, -0.25) is 9.69 Å². The number of carbonyl (C=O) groups is 1. The minimum absolute atomic E-state index is 0. The molecule has 1 unspecified atom stereocenters. The summed E-state index contributed by atoms with van der Waals surface area (Å²) >= 11 is 0. The van der Waals surface area contributed by atoms with Gasteiger partial charge in [-0.1, -0.05) is 0 Å². The van der Waals surface area contributed by atoms with Crippen molar-refractivity contribution >= 4 is 18.3 Å². The van der Waals surface area contributed by atoms with Crippen LogP contribution in [0.3, 0.4) is 0 Å². The molecule has 0 spiro atoms. The molecule has 5 rings (SSSR count). The van der Waals surface area contributed by atoms with Gasteiger partial charge in [-0.05, 0) is 75.2 Å². The minimum Gasteiger partial charge on any atom is -0.351 e. The first kappa shape index (κ1) is 16.5. The molecule has 22 heavy (non-hydrogen) atoms. The third-order valence-corrected chi connectivity index (χ3v) is 6.62. The molecule has 1 atom stereocenters. The van der Waals surface area contributed by atoms with Crippen molar-refractivity contribution < 1.29 is 4.79 Å². The quantitative estimate of drug-likeness (QED) is 0.827. The van der Waals surface area contributed by atoms with Crippen LogP contribution in [-0.2, 0) is 4.79 Å². The Balaban J connectivity index is 0.00000144. The number of likely N-dealkylation sites (tertiary alicyclic amines) is 1. The fourth-order valence-electron chi connectivity index (χ4n) is 5.98. The number of halogens is 1. The molecule has 0 aromatic heterocycles. The zero-order chi connectivity index (χ0) is 14.4. The van der Waals surface area contributed by atoms with E-state index >= 15 is 0 Å². The van der Waals surface area contributed by atoms with E-state index in [1.54, 1.807) is 0 Å². The third-order valence-electron chi connectivity index (χ3n) is 6.62. The number of amides is 1. The Labute approximate surface area is 140 Å². The summed E-state index contributed by atoms with van der Waals surface area (Å²) in [6, 6.07) is 0.566. The van der Waals surface area contributed by atoms with Crippen LogP contribution in [0.4, 0.5) is 0 Å². The first-order chi connectivity index (χ1) is 10.2. The highest BCUT2D eigenvalue weighted by molar-refractivity contribution is 5.85. The van der Waals surface area contributed by atoms with Gasteiger partial charge in [0.1, 0.15) is 0 Å². The molecule has 4 bridgehead atoms. The summed E-state index contributed by atoms with van der Waals surface area (Å²) in [5.74, 6) is 3.78. The molecule has 0 radical (unpaired) electrons. The van der Waals surface area contributed by atoms with Crippen LogP contribution in [-0.4, -0.2) is 42.5 Å². The van der Waals surface area contributed by atoms with Gasteiger partial charge in [0.05, 0.1) is 6.04 Å². The lowest BCUT2D eigenvalue weighted by Crippen LogP contribution is -2.58. The normalized spacial score (nSPS) is 43.1. The highest BCUT2D eigenvalue weighted by Gasteiger charge is 2.49. The van der Waals surface area contributed by atoms with Crippen molar-refractivity contribution in [3.05, 3.63) is 0 Å². The van der Waals surface area contributed by atoms with Gasteiger partial charge in [0.25, 0.3) is 0 Å². The summed E-state index contributed by atoms with van der Waals surface area (Å²) in [5.41, 5.74) is 5.68. The lowest BCUT2D eigenvalue weighted by Gasteiger charge is -2.54. The van der Waals surface area contributed by atoms with Crippen LogP contribution in [0.1, 0.15) is 44.9 Å². The zero-order valence-corrected chi connectivity index (χ0v) is 14.2. The fraction of sp³-hybridized carbons (Fsp3) is 0.941. The van der Waals surface area contributed by atoms with E-state index in [-0.39, 0.29) is 18.4 Å². The summed E-state index contributed by atoms with van der Waals surface area (Å²) in [5, 5.41) is 3.47. The molecule has 4 aliphatic carbocycles. The number of hydrogen-bond acceptors (Lipinski definition) is 3. The maximum atomic E-state index is 12.7. The van der Waals surface area contributed by atoms with Crippen molar-refractivity contribution in [3.8, 4) is 0 Å². The molecule has 1 aliphatic heterocycles. The maximum Gasteiger partial charge on any atom is 0.237 e. The molecule has 5 heteroatoms. The molecule has 1 saturated heterocycles. The Bertz CT molecular complexity index is 389. The summed E-state index contributed by atoms with van der Waals surface area (Å²) in [6.45, 7) is 2.55. The van der Waals surface area contributed by atoms with Crippen molar-refractivity contribution in [2.24, 2.45) is 29.4 Å². The second kappa shape index (κ2) is 6.66. The number of carbonyl (C=O) groups excluding carboxylic acids is 1. The van der Waals surface area contributed by atoms with E-state index in [4.69, 9.17) is 5.73 Å². The fourth-order valence-corrected chi connectivity index (χ4v) is 5.98. The number of rotatable bonds is 4. The Morgan fingerprint density at radius 1 is 1.09 bits per heavy atom. The SMILES string of the molecule is Cl.NCCN1CCCC1C(=O)NC1C2CC3CC(C2)CC1C3. The molecule has 5 fully saturated rings. The highest BCUT2D eigenvalue weighted by atomic mass is 35.5. The van der Waals surface area contributed by atoms with Gasteiger partial charge in [-0.2, -0.15) is 0 Å². The Hall–Kier alpha value is -0.320. The largest absolute Gasteiger partial charge is 0.351 e. The molecular formula is C17H30ClN3O. The lowest BCUT2D eigenvalue weighted by atomic mass is 9.54.